The van der Waals surface area contributed by atoms with Crippen LogP contribution in [0.4, 0.5) is 27.6 Å². The molecule has 0 aromatic carbocycles. The van der Waals surface area contributed by atoms with Gasteiger partial charge in [0.05, 0.1) is 23.4 Å². The Kier molecular flexibility index (Phi) is 3.73. The Labute approximate surface area is 97.2 Å². The number of carboxylic acid groups (broad SMARTS) is 1. The van der Waals surface area contributed by atoms with E-state index in [2.05, 4.69) is 4.98 Å². The molecule has 0 fully saturated rings. The van der Waals surface area contributed by atoms with Crippen molar-refractivity contribution < 1.29 is 31.9 Å². The van der Waals surface area contributed by atoms with Crippen molar-refractivity contribution in [2.24, 2.45) is 0 Å². The number of nitrogens with zero attached hydrogens (tertiary/aromatic N) is 1. The Morgan fingerprint density at radius 1 is 1.44 bits per heavy atom. The van der Waals surface area contributed by atoms with Crippen molar-refractivity contribution in [1.29, 1.82) is 0 Å². The molecule has 0 saturated carbocycles. The molecular formula is C9H7F5N2O2. The molecule has 0 saturated heterocycles. The molecule has 1 heterocycles. The van der Waals surface area contributed by atoms with Crippen LogP contribution in [0.15, 0.2) is 6.07 Å². The zero-order valence-electron chi connectivity index (χ0n) is 8.63. The van der Waals surface area contributed by atoms with Gasteiger partial charge in [0.2, 0.25) is 0 Å². The number of carboxylic acids is 1. The fourth-order valence-electron chi connectivity index (χ4n) is 1.28. The topological polar surface area (TPSA) is 76.2 Å². The zero-order chi connectivity index (χ0) is 14.1. The van der Waals surface area contributed by atoms with Gasteiger partial charge < -0.3 is 10.8 Å². The maximum atomic E-state index is 12.5. The van der Waals surface area contributed by atoms with Crippen LogP contribution in [0.25, 0.3) is 0 Å². The predicted octanol–water partition coefficient (Wildman–Crippen LogP) is 2.25. The Hall–Kier alpha value is -1.93. The van der Waals surface area contributed by atoms with Crippen LogP contribution in [-0.4, -0.2) is 16.1 Å². The molecule has 18 heavy (non-hydrogen) atoms. The molecule has 3 N–H and O–H groups in total. The van der Waals surface area contributed by atoms with E-state index in [-0.39, 0.29) is 0 Å². The molecule has 0 aliphatic heterocycles. The van der Waals surface area contributed by atoms with Crippen LogP contribution in [0.2, 0.25) is 0 Å². The highest BCUT2D eigenvalue weighted by molar-refractivity contribution is 5.70. The summed E-state index contributed by atoms with van der Waals surface area (Å²) in [6, 6.07) is 0.356. The summed E-state index contributed by atoms with van der Waals surface area (Å²) in [5, 5.41) is 8.42. The first-order valence-corrected chi connectivity index (χ1v) is 4.49. The Balaban J connectivity index is 3.42. The molecule has 0 amide bonds. The van der Waals surface area contributed by atoms with E-state index in [1.165, 1.54) is 0 Å². The molecule has 0 bridgehead atoms. The number of hydrogen-bond donors (Lipinski definition) is 2. The third kappa shape index (κ3) is 3.05. The summed E-state index contributed by atoms with van der Waals surface area (Å²) in [5.74, 6) is -1.49. The number of rotatable bonds is 3. The molecule has 0 unspecified atom stereocenters. The number of anilines is 1. The fourth-order valence-corrected chi connectivity index (χ4v) is 1.28. The number of aromatic nitrogens is 1. The predicted molar refractivity (Wildman–Crippen MR) is 49.9 cm³/mol. The minimum Gasteiger partial charge on any atom is -0.481 e. The van der Waals surface area contributed by atoms with E-state index in [1.807, 2.05) is 0 Å². The van der Waals surface area contributed by atoms with E-state index in [9.17, 15) is 26.7 Å². The smallest absolute Gasteiger partial charge is 0.418 e. The first-order chi connectivity index (χ1) is 8.12. The van der Waals surface area contributed by atoms with Gasteiger partial charge in [-0.25, -0.2) is 13.8 Å². The molecule has 0 atom stereocenters. The average molecular weight is 270 g/mol. The molecule has 1 aromatic heterocycles. The second kappa shape index (κ2) is 4.75. The van der Waals surface area contributed by atoms with Crippen LogP contribution in [0.5, 0.6) is 0 Å². The Morgan fingerprint density at radius 3 is 2.39 bits per heavy atom. The minimum atomic E-state index is -4.95. The summed E-state index contributed by atoms with van der Waals surface area (Å²) in [6.07, 6.45) is -9.17. The molecule has 0 aliphatic rings. The second-order valence-electron chi connectivity index (χ2n) is 3.33. The number of halogens is 5. The molecule has 4 nitrogen and oxygen atoms in total. The van der Waals surface area contributed by atoms with Gasteiger partial charge in [0.1, 0.15) is 5.69 Å². The van der Waals surface area contributed by atoms with Crippen LogP contribution in [-0.2, 0) is 17.4 Å². The molecule has 0 spiro atoms. The van der Waals surface area contributed by atoms with Crippen molar-refractivity contribution >= 4 is 11.7 Å². The van der Waals surface area contributed by atoms with E-state index in [0.29, 0.717) is 6.07 Å². The van der Waals surface area contributed by atoms with E-state index >= 15 is 0 Å². The van der Waals surface area contributed by atoms with Crippen molar-refractivity contribution in [2.75, 3.05) is 5.73 Å². The lowest BCUT2D eigenvalue weighted by Crippen LogP contribution is -2.15. The highest BCUT2D eigenvalue weighted by Gasteiger charge is 2.36. The number of nitrogens with two attached hydrogens (primary N) is 1. The number of alkyl halides is 5. The summed E-state index contributed by atoms with van der Waals surface area (Å²) in [6.45, 7) is 0. The van der Waals surface area contributed by atoms with Gasteiger partial charge in [0.15, 0.2) is 0 Å². The molecule has 0 aliphatic carbocycles. The standard InChI is InChI=1S/C9H7F5N2O2/c10-8(11)7-6(15)4(9(12,13)14)1-3(16-7)2-5(17)18/h1,8H,2,15H2,(H,17,18). The summed E-state index contributed by atoms with van der Waals surface area (Å²) in [5.41, 5.74) is 0.373. The maximum absolute atomic E-state index is 12.5. The molecule has 9 heteroatoms. The second-order valence-corrected chi connectivity index (χ2v) is 3.33. The number of carbonyl (C=O) groups is 1. The Bertz CT molecular complexity index is 473. The normalized spacial score (nSPS) is 11.9. The van der Waals surface area contributed by atoms with Crippen molar-refractivity contribution in [1.82, 2.24) is 4.98 Å². The molecule has 1 rings (SSSR count). The first kappa shape index (κ1) is 14.1. The lowest BCUT2D eigenvalue weighted by atomic mass is 10.1. The van der Waals surface area contributed by atoms with Crippen molar-refractivity contribution in [3.05, 3.63) is 23.0 Å². The number of pyridine rings is 1. The number of hydrogen-bond acceptors (Lipinski definition) is 3. The summed E-state index contributed by atoms with van der Waals surface area (Å²) in [7, 11) is 0. The average Bonchev–Trinajstić information content (AvgIpc) is 2.17. The SMILES string of the molecule is Nc1c(C(F)(F)F)cc(CC(=O)O)nc1C(F)F. The maximum Gasteiger partial charge on any atom is 0.418 e. The highest BCUT2D eigenvalue weighted by Crippen LogP contribution is 2.37. The van der Waals surface area contributed by atoms with Gasteiger partial charge in [-0.15, -0.1) is 0 Å². The number of aliphatic carboxylic acids is 1. The summed E-state index contributed by atoms with van der Waals surface area (Å²) in [4.78, 5) is 13.5. The molecule has 100 valence electrons. The lowest BCUT2D eigenvalue weighted by molar-refractivity contribution is -0.138. The fraction of sp³-hybridized carbons (Fsp3) is 0.333. The van der Waals surface area contributed by atoms with Crippen LogP contribution in [0.1, 0.15) is 23.4 Å². The third-order valence-electron chi connectivity index (χ3n) is 1.99. The van der Waals surface area contributed by atoms with Gasteiger partial charge in [-0.1, -0.05) is 0 Å². The van der Waals surface area contributed by atoms with Crippen molar-refractivity contribution in [3.63, 3.8) is 0 Å². The van der Waals surface area contributed by atoms with Gasteiger partial charge >= 0.3 is 12.1 Å². The Morgan fingerprint density at radius 2 is 2.00 bits per heavy atom. The van der Waals surface area contributed by atoms with Crippen LogP contribution < -0.4 is 5.73 Å². The van der Waals surface area contributed by atoms with Gasteiger partial charge in [-0.05, 0) is 6.07 Å². The number of nitrogen functional groups attached to an aromatic ring is 1. The lowest BCUT2D eigenvalue weighted by Gasteiger charge is -2.14. The van der Waals surface area contributed by atoms with E-state index in [4.69, 9.17) is 10.8 Å². The first-order valence-electron chi connectivity index (χ1n) is 4.49. The van der Waals surface area contributed by atoms with Gasteiger partial charge in [0, 0.05) is 0 Å². The monoisotopic (exact) mass is 270 g/mol. The zero-order valence-corrected chi connectivity index (χ0v) is 8.63. The van der Waals surface area contributed by atoms with E-state index < -0.39 is 47.6 Å². The molecule has 0 radical (unpaired) electrons. The van der Waals surface area contributed by atoms with Crippen molar-refractivity contribution in [2.45, 2.75) is 19.0 Å². The van der Waals surface area contributed by atoms with E-state index in [0.717, 1.165) is 0 Å². The molecule has 1 aromatic rings. The van der Waals surface area contributed by atoms with Crippen LogP contribution in [0, 0.1) is 0 Å². The van der Waals surface area contributed by atoms with Gasteiger partial charge in [-0.3, -0.25) is 4.79 Å². The van der Waals surface area contributed by atoms with E-state index in [1.54, 1.807) is 0 Å². The minimum absolute atomic E-state index is 0.356. The quantitative estimate of drug-likeness (QED) is 0.826. The molecular weight excluding hydrogens is 263 g/mol. The largest absolute Gasteiger partial charge is 0.481 e. The van der Waals surface area contributed by atoms with Gasteiger partial charge in [0.25, 0.3) is 6.43 Å². The summed E-state index contributed by atoms with van der Waals surface area (Å²) < 4.78 is 62.4. The van der Waals surface area contributed by atoms with Crippen LogP contribution >= 0.6 is 0 Å². The van der Waals surface area contributed by atoms with Gasteiger partial charge in [-0.2, -0.15) is 13.2 Å². The summed E-state index contributed by atoms with van der Waals surface area (Å²) >= 11 is 0. The highest BCUT2D eigenvalue weighted by atomic mass is 19.4. The van der Waals surface area contributed by atoms with Crippen LogP contribution in [0.3, 0.4) is 0 Å². The third-order valence-corrected chi connectivity index (χ3v) is 1.99. The van der Waals surface area contributed by atoms with Crippen molar-refractivity contribution in [3.8, 4) is 0 Å².